The van der Waals surface area contributed by atoms with Crippen LogP contribution in [0.5, 0.6) is 0 Å². The van der Waals surface area contributed by atoms with Crippen LogP contribution < -0.4 is 5.73 Å². The average Bonchev–Trinajstić information content (AvgIpc) is 2.89. The summed E-state index contributed by atoms with van der Waals surface area (Å²) in [5.74, 6) is 0.00515. The number of nitrogens with zero attached hydrogens (tertiary/aromatic N) is 2. The number of hydrogen-bond acceptors (Lipinski definition) is 5. The van der Waals surface area contributed by atoms with Crippen molar-refractivity contribution in [2.75, 3.05) is 13.2 Å². The molecule has 0 radical (unpaired) electrons. The van der Waals surface area contributed by atoms with Gasteiger partial charge in [0.25, 0.3) is 5.89 Å². The van der Waals surface area contributed by atoms with Crippen molar-refractivity contribution in [2.45, 2.75) is 26.3 Å². The number of ether oxygens (including phenoxy) is 1. The molecular weight excluding hydrogens is 261 g/mol. The third-order valence-electron chi connectivity index (χ3n) is 2.90. The van der Waals surface area contributed by atoms with Crippen LogP contribution in [0.2, 0.25) is 0 Å². The lowest BCUT2D eigenvalue weighted by Crippen LogP contribution is -2.39. The van der Waals surface area contributed by atoms with Crippen LogP contribution in [-0.4, -0.2) is 23.4 Å². The molecule has 2 rings (SSSR count). The molecule has 1 unspecified atom stereocenters. The number of benzene rings is 1. The molecule has 0 aliphatic carbocycles. The van der Waals surface area contributed by atoms with Crippen molar-refractivity contribution in [3.8, 4) is 11.5 Å². The predicted octanol–water partition coefficient (Wildman–Crippen LogP) is 2.39. The van der Waals surface area contributed by atoms with Crippen molar-refractivity contribution in [1.29, 1.82) is 0 Å². The summed E-state index contributed by atoms with van der Waals surface area (Å²) < 4.78 is 24.2. The standard InChI is InChI=1S/C14H18FN3O2/c1-4-19-8-14(3,16)13-17-12(20-18-13)10-7-9(2)5-6-11(10)15/h5-7H,4,8,16H2,1-3H3. The fraction of sp³-hybridized carbons (Fsp3) is 0.429. The summed E-state index contributed by atoms with van der Waals surface area (Å²) in [6.45, 7) is 6.29. The maximum Gasteiger partial charge on any atom is 0.260 e. The normalized spacial score (nSPS) is 14.2. The van der Waals surface area contributed by atoms with Gasteiger partial charge in [0.05, 0.1) is 12.2 Å². The molecule has 1 aromatic heterocycles. The molecule has 0 saturated heterocycles. The minimum Gasteiger partial charge on any atom is -0.379 e. The molecule has 0 fully saturated rings. The van der Waals surface area contributed by atoms with Gasteiger partial charge in [-0.2, -0.15) is 4.98 Å². The zero-order valence-corrected chi connectivity index (χ0v) is 11.8. The summed E-state index contributed by atoms with van der Waals surface area (Å²) in [6, 6.07) is 4.71. The fourth-order valence-corrected chi connectivity index (χ4v) is 1.75. The summed E-state index contributed by atoms with van der Waals surface area (Å²) in [6.07, 6.45) is 0. The smallest absolute Gasteiger partial charge is 0.260 e. The second kappa shape index (κ2) is 5.68. The summed E-state index contributed by atoms with van der Waals surface area (Å²) in [4.78, 5) is 4.18. The summed E-state index contributed by atoms with van der Waals surface area (Å²) >= 11 is 0. The highest BCUT2D eigenvalue weighted by Crippen LogP contribution is 2.24. The van der Waals surface area contributed by atoms with Crippen LogP contribution in [0.3, 0.4) is 0 Å². The summed E-state index contributed by atoms with van der Waals surface area (Å²) in [5, 5.41) is 3.83. The third-order valence-corrected chi connectivity index (χ3v) is 2.90. The van der Waals surface area contributed by atoms with E-state index in [1.54, 1.807) is 19.1 Å². The number of aromatic nitrogens is 2. The highest BCUT2D eigenvalue weighted by atomic mass is 19.1. The van der Waals surface area contributed by atoms with Crippen LogP contribution in [0.1, 0.15) is 25.2 Å². The Bertz CT molecular complexity index is 596. The molecule has 20 heavy (non-hydrogen) atoms. The Labute approximate surface area is 116 Å². The zero-order valence-electron chi connectivity index (χ0n) is 11.8. The molecule has 0 aliphatic rings. The van der Waals surface area contributed by atoms with Gasteiger partial charge in [-0.1, -0.05) is 16.8 Å². The Morgan fingerprint density at radius 3 is 2.90 bits per heavy atom. The second-order valence-electron chi connectivity index (χ2n) is 4.96. The molecule has 0 bridgehead atoms. The van der Waals surface area contributed by atoms with Crippen molar-refractivity contribution in [3.05, 3.63) is 35.4 Å². The molecule has 6 heteroatoms. The van der Waals surface area contributed by atoms with E-state index >= 15 is 0 Å². The van der Waals surface area contributed by atoms with Crippen molar-refractivity contribution < 1.29 is 13.7 Å². The Morgan fingerprint density at radius 1 is 1.45 bits per heavy atom. The topological polar surface area (TPSA) is 74.2 Å². The minimum atomic E-state index is -0.877. The summed E-state index contributed by atoms with van der Waals surface area (Å²) in [5.41, 5.74) is 6.39. The second-order valence-corrected chi connectivity index (χ2v) is 4.96. The van der Waals surface area contributed by atoms with Crippen molar-refractivity contribution in [3.63, 3.8) is 0 Å². The molecule has 2 aromatic rings. The molecule has 0 aliphatic heterocycles. The van der Waals surface area contributed by atoms with Gasteiger partial charge in [-0.25, -0.2) is 4.39 Å². The number of hydrogen-bond donors (Lipinski definition) is 1. The van der Waals surface area contributed by atoms with Crippen LogP contribution in [0.25, 0.3) is 11.5 Å². The molecule has 108 valence electrons. The van der Waals surface area contributed by atoms with Crippen molar-refractivity contribution in [1.82, 2.24) is 10.1 Å². The van der Waals surface area contributed by atoms with E-state index < -0.39 is 11.4 Å². The van der Waals surface area contributed by atoms with Gasteiger partial charge in [0.15, 0.2) is 5.82 Å². The highest BCUT2D eigenvalue weighted by molar-refractivity contribution is 5.55. The molecule has 0 saturated carbocycles. The SMILES string of the molecule is CCOCC(C)(N)c1noc(-c2cc(C)ccc2F)n1. The van der Waals surface area contributed by atoms with E-state index in [4.69, 9.17) is 15.0 Å². The molecule has 1 heterocycles. The molecule has 0 spiro atoms. The van der Waals surface area contributed by atoms with E-state index in [0.29, 0.717) is 12.4 Å². The lowest BCUT2D eigenvalue weighted by atomic mass is 10.1. The first-order valence-electron chi connectivity index (χ1n) is 6.41. The molecule has 1 aromatic carbocycles. The monoisotopic (exact) mass is 279 g/mol. The van der Waals surface area contributed by atoms with Crippen LogP contribution in [-0.2, 0) is 10.3 Å². The summed E-state index contributed by atoms with van der Waals surface area (Å²) in [7, 11) is 0. The largest absolute Gasteiger partial charge is 0.379 e. The molecule has 2 N–H and O–H groups in total. The van der Waals surface area contributed by atoms with E-state index in [-0.39, 0.29) is 18.1 Å². The first-order chi connectivity index (χ1) is 9.44. The Morgan fingerprint density at radius 2 is 2.20 bits per heavy atom. The first-order valence-corrected chi connectivity index (χ1v) is 6.41. The maximum atomic E-state index is 13.8. The molecular formula is C14H18FN3O2. The fourth-order valence-electron chi connectivity index (χ4n) is 1.75. The van der Waals surface area contributed by atoms with Gasteiger partial charge >= 0.3 is 0 Å². The highest BCUT2D eigenvalue weighted by Gasteiger charge is 2.28. The van der Waals surface area contributed by atoms with E-state index in [9.17, 15) is 4.39 Å². The van der Waals surface area contributed by atoms with Crippen molar-refractivity contribution in [2.24, 2.45) is 5.73 Å². The van der Waals surface area contributed by atoms with Crippen LogP contribution in [0.4, 0.5) is 4.39 Å². The first kappa shape index (κ1) is 14.6. The zero-order chi connectivity index (χ0) is 14.8. The number of aryl methyl sites for hydroxylation is 1. The Balaban J connectivity index is 2.31. The predicted molar refractivity (Wildman–Crippen MR) is 72.5 cm³/mol. The number of nitrogens with two attached hydrogens (primary N) is 1. The van der Waals surface area contributed by atoms with Gasteiger partial charge < -0.3 is 15.0 Å². The Hall–Kier alpha value is -1.79. The van der Waals surface area contributed by atoms with E-state index in [1.165, 1.54) is 6.07 Å². The van der Waals surface area contributed by atoms with Crippen molar-refractivity contribution >= 4 is 0 Å². The van der Waals surface area contributed by atoms with E-state index in [2.05, 4.69) is 10.1 Å². The lowest BCUT2D eigenvalue weighted by molar-refractivity contribution is 0.0962. The van der Waals surface area contributed by atoms with Crippen LogP contribution >= 0.6 is 0 Å². The number of halogens is 1. The third kappa shape index (κ3) is 3.02. The van der Waals surface area contributed by atoms with Crippen LogP contribution in [0.15, 0.2) is 22.7 Å². The van der Waals surface area contributed by atoms with Gasteiger partial charge in [-0.3, -0.25) is 0 Å². The van der Waals surface area contributed by atoms with E-state index in [1.807, 2.05) is 13.8 Å². The lowest BCUT2D eigenvalue weighted by Gasteiger charge is -2.19. The minimum absolute atomic E-state index is 0.120. The van der Waals surface area contributed by atoms with Crippen LogP contribution in [0, 0.1) is 12.7 Å². The van der Waals surface area contributed by atoms with Gasteiger partial charge in [0.1, 0.15) is 11.4 Å². The quantitative estimate of drug-likeness (QED) is 0.909. The molecule has 5 nitrogen and oxygen atoms in total. The molecule has 1 atom stereocenters. The maximum absolute atomic E-state index is 13.8. The van der Waals surface area contributed by atoms with Gasteiger partial charge in [-0.05, 0) is 32.9 Å². The number of rotatable bonds is 5. The van der Waals surface area contributed by atoms with Gasteiger partial charge in [0.2, 0.25) is 0 Å². The van der Waals surface area contributed by atoms with Gasteiger partial charge in [0, 0.05) is 6.61 Å². The van der Waals surface area contributed by atoms with Gasteiger partial charge in [-0.15, -0.1) is 0 Å². The Kier molecular flexibility index (Phi) is 4.15. The van der Waals surface area contributed by atoms with E-state index in [0.717, 1.165) is 5.56 Å². The average molecular weight is 279 g/mol. The molecule has 0 amide bonds.